The second-order valence-corrected chi connectivity index (χ2v) is 7.96. The minimum atomic E-state index is -0.593. The lowest BCUT2D eigenvalue weighted by molar-refractivity contribution is -0.123. The molecule has 194 valence electrons. The van der Waals surface area contributed by atoms with Crippen LogP contribution in [0.2, 0.25) is 0 Å². The van der Waals surface area contributed by atoms with Gasteiger partial charge in [0.2, 0.25) is 5.75 Å². The number of carbonyl (C=O) groups is 2. The summed E-state index contributed by atoms with van der Waals surface area (Å²) in [6.07, 6.45) is 1.47. The Hall–Kier alpha value is -5.05. The largest absolute Gasteiger partial charge is 0.493 e. The van der Waals surface area contributed by atoms with E-state index in [0.717, 1.165) is 10.8 Å². The van der Waals surface area contributed by atoms with E-state index >= 15 is 0 Å². The summed E-state index contributed by atoms with van der Waals surface area (Å²) in [5, 5.41) is 6.07. The van der Waals surface area contributed by atoms with Gasteiger partial charge in [0, 0.05) is 0 Å². The highest BCUT2D eigenvalue weighted by Gasteiger charge is 2.18. The van der Waals surface area contributed by atoms with E-state index in [0.29, 0.717) is 34.3 Å². The fourth-order valence-corrected chi connectivity index (χ4v) is 3.60. The molecular weight excluding hydrogens is 488 g/mol. The first-order chi connectivity index (χ1) is 18.5. The first-order valence-electron chi connectivity index (χ1n) is 11.6. The van der Waals surface area contributed by atoms with Gasteiger partial charge in [-0.05, 0) is 64.9 Å². The van der Waals surface area contributed by atoms with Crippen LogP contribution in [0.25, 0.3) is 10.8 Å². The smallest absolute Gasteiger partial charge is 0.343 e. The molecule has 0 saturated heterocycles. The maximum atomic E-state index is 12.7. The van der Waals surface area contributed by atoms with Gasteiger partial charge in [0.25, 0.3) is 5.91 Å². The Labute approximate surface area is 219 Å². The van der Waals surface area contributed by atoms with Crippen LogP contribution in [0.15, 0.2) is 84.0 Å². The predicted molar refractivity (Wildman–Crippen MR) is 143 cm³/mol. The van der Waals surface area contributed by atoms with Crippen molar-refractivity contribution in [2.75, 3.05) is 27.9 Å². The van der Waals surface area contributed by atoms with Crippen LogP contribution in [-0.2, 0) is 4.79 Å². The van der Waals surface area contributed by atoms with Gasteiger partial charge in [-0.15, -0.1) is 0 Å². The van der Waals surface area contributed by atoms with Gasteiger partial charge >= 0.3 is 5.97 Å². The number of fused-ring (bicyclic) bond motifs is 1. The Kier molecular flexibility index (Phi) is 8.40. The Morgan fingerprint density at radius 3 is 2.11 bits per heavy atom. The van der Waals surface area contributed by atoms with Crippen LogP contribution in [0.4, 0.5) is 0 Å². The van der Waals surface area contributed by atoms with Crippen molar-refractivity contribution in [1.29, 1.82) is 0 Å². The molecule has 0 unspecified atom stereocenters. The van der Waals surface area contributed by atoms with Gasteiger partial charge in [0.15, 0.2) is 18.1 Å². The van der Waals surface area contributed by atoms with Gasteiger partial charge < -0.3 is 23.7 Å². The topological polar surface area (TPSA) is 105 Å². The van der Waals surface area contributed by atoms with Crippen molar-refractivity contribution in [2.45, 2.75) is 0 Å². The van der Waals surface area contributed by atoms with Gasteiger partial charge in [-0.3, -0.25) is 4.79 Å². The molecule has 0 saturated carbocycles. The fourth-order valence-electron chi connectivity index (χ4n) is 3.60. The van der Waals surface area contributed by atoms with Crippen LogP contribution in [0.1, 0.15) is 15.9 Å². The number of nitrogens with one attached hydrogen (secondary N) is 1. The normalized spacial score (nSPS) is 10.7. The molecule has 0 aliphatic carbocycles. The van der Waals surface area contributed by atoms with E-state index in [4.69, 9.17) is 23.7 Å². The van der Waals surface area contributed by atoms with E-state index in [1.54, 1.807) is 24.3 Å². The number of hydrazone groups is 1. The first kappa shape index (κ1) is 26.0. The predicted octanol–water partition coefficient (Wildman–Crippen LogP) is 4.61. The molecule has 9 nitrogen and oxygen atoms in total. The molecule has 0 aromatic heterocycles. The summed E-state index contributed by atoms with van der Waals surface area (Å²) < 4.78 is 26.8. The molecule has 0 aliphatic heterocycles. The molecule has 1 N–H and O–H groups in total. The second-order valence-electron chi connectivity index (χ2n) is 7.96. The fraction of sp³-hybridized carbons (Fsp3) is 0.138. The van der Waals surface area contributed by atoms with Crippen molar-refractivity contribution in [3.05, 3.63) is 90.0 Å². The Bertz CT molecular complexity index is 1440. The van der Waals surface area contributed by atoms with E-state index in [1.165, 1.54) is 39.7 Å². The molecule has 0 atom stereocenters. The number of rotatable bonds is 10. The van der Waals surface area contributed by atoms with Crippen LogP contribution in [0.3, 0.4) is 0 Å². The summed E-state index contributed by atoms with van der Waals surface area (Å²) >= 11 is 0. The summed E-state index contributed by atoms with van der Waals surface area (Å²) in [7, 11) is 4.41. The molecule has 0 bridgehead atoms. The van der Waals surface area contributed by atoms with Crippen molar-refractivity contribution >= 4 is 28.9 Å². The third-order valence-electron chi connectivity index (χ3n) is 5.48. The van der Waals surface area contributed by atoms with Crippen LogP contribution < -0.4 is 29.1 Å². The minimum absolute atomic E-state index is 0.175. The van der Waals surface area contributed by atoms with Crippen LogP contribution in [0.5, 0.6) is 28.7 Å². The highest BCUT2D eigenvalue weighted by molar-refractivity contribution is 5.93. The lowest BCUT2D eigenvalue weighted by Crippen LogP contribution is -2.24. The Morgan fingerprint density at radius 2 is 1.45 bits per heavy atom. The number of benzene rings is 4. The number of amides is 1. The van der Waals surface area contributed by atoms with Crippen LogP contribution >= 0.6 is 0 Å². The average molecular weight is 515 g/mol. The SMILES string of the molecule is COc1cc(C(=O)Oc2ccc(/C=N/NC(=O)COc3ccc4ccccc4c3)cc2)cc(OC)c1OC. The van der Waals surface area contributed by atoms with Crippen molar-refractivity contribution in [3.8, 4) is 28.7 Å². The molecule has 0 aliphatic rings. The molecule has 0 heterocycles. The number of methoxy groups -OCH3 is 3. The number of nitrogens with zero attached hydrogens (tertiary/aromatic N) is 1. The van der Waals surface area contributed by atoms with Gasteiger partial charge in [-0.2, -0.15) is 5.10 Å². The summed E-state index contributed by atoms with van der Waals surface area (Å²) in [5.74, 6) is 0.996. The molecule has 4 aromatic rings. The number of ether oxygens (including phenoxy) is 5. The van der Waals surface area contributed by atoms with Gasteiger partial charge in [-0.25, -0.2) is 10.2 Å². The molecule has 38 heavy (non-hydrogen) atoms. The van der Waals surface area contributed by atoms with Crippen molar-refractivity contribution in [3.63, 3.8) is 0 Å². The molecule has 0 radical (unpaired) electrons. The van der Waals surface area contributed by atoms with Gasteiger partial charge in [-0.1, -0.05) is 30.3 Å². The zero-order valence-electron chi connectivity index (χ0n) is 21.1. The maximum Gasteiger partial charge on any atom is 0.343 e. The highest BCUT2D eigenvalue weighted by atomic mass is 16.5. The Balaban J connectivity index is 1.29. The van der Waals surface area contributed by atoms with Crippen LogP contribution in [-0.4, -0.2) is 46.0 Å². The zero-order chi connectivity index (χ0) is 26.9. The quantitative estimate of drug-likeness (QED) is 0.143. The highest BCUT2D eigenvalue weighted by Crippen LogP contribution is 2.38. The third-order valence-corrected chi connectivity index (χ3v) is 5.48. The second kappa shape index (κ2) is 12.3. The number of carbonyl (C=O) groups excluding carboxylic acids is 2. The van der Waals surface area contributed by atoms with E-state index in [2.05, 4.69) is 10.5 Å². The maximum absolute atomic E-state index is 12.7. The number of esters is 1. The first-order valence-corrected chi connectivity index (χ1v) is 11.6. The molecule has 4 aromatic carbocycles. The molecule has 0 spiro atoms. The van der Waals surface area contributed by atoms with E-state index < -0.39 is 11.9 Å². The summed E-state index contributed by atoms with van der Waals surface area (Å²) in [4.78, 5) is 24.7. The summed E-state index contributed by atoms with van der Waals surface area (Å²) in [6.45, 7) is -0.175. The van der Waals surface area contributed by atoms with Gasteiger partial charge in [0.1, 0.15) is 11.5 Å². The molecule has 1 amide bonds. The molecule has 9 heteroatoms. The van der Waals surface area contributed by atoms with Crippen molar-refractivity contribution in [1.82, 2.24) is 5.43 Å². The molecular formula is C29H26N2O7. The van der Waals surface area contributed by atoms with Crippen molar-refractivity contribution < 1.29 is 33.3 Å². The number of hydrogen-bond donors (Lipinski definition) is 1. The standard InChI is InChI=1S/C29H26N2O7/c1-34-25-15-22(16-26(35-2)28(25)36-3)29(33)38-23-11-8-19(9-12-23)17-30-31-27(32)18-37-24-13-10-20-6-4-5-7-21(20)14-24/h4-17H,18H2,1-3H3,(H,31,32)/b30-17+. The van der Waals surface area contributed by atoms with Gasteiger partial charge in [0.05, 0.1) is 33.1 Å². The zero-order valence-corrected chi connectivity index (χ0v) is 21.1. The summed E-state index contributed by atoms with van der Waals surface area (Å²) in [6, 6.07) is 23.2. The van der Waals surface area contributed by atoms with E-state index in [-0.39, 0.29) is 12.2 Å². The monoisotopic (exact) mass is 514 g/mol. The summed E-state index contributed by atoms with van der Waals surface area (Å²) in [5.41, 5.74) is 3.35. The third kappa shape index (κ3) is 6.38. The van der Waals surface area contributed by atoms with E-state index in [9.17, 15) is 9.59 Å². The van der Waals surface area contributed by atoms with Crippen molar-refractivity contribution in [2.24, 2.45) is 5.10 Å². The average Bonchev–Trinajstić information content (AvgIpc) is 2.95. The lowest BCUT2D eigenvalue weighted by atomic mass is 10.1. The minimum Gasteiger partial charge on any atom is -0.493 e. The van der Waals surface area contributed by atoms with Crippen LogP contribution in [0, 0.1) is 0 Å². The Morgan fingerprint density at radius 1 is 0.789 bits per heavy atom. The van der Waals surface area contributed by atoms with E-state index in [1.807, 2.05) is 42.5 Å². The molecule has 4 rings (SSSR count). The number of hydrogen-bond acceptors (Lipinski definition) is 8. The molecule has 0 fully saturated rings. The lowest BCUT2D eigenvalue weighted by Gasteiger charge is -2.13.